The molecule has 0 saturated carbocycles. The van der Waals surface area contributed by atoms with Crippen molar-refractivity contribution in [2.45, 2.75) is 25.8 Å². The molecule has 1 aromatic heterocycles. The summed E-state index contributed by atoms with van der Waals surface area (Å²) in [5, 5.41) is 10.3. The molecule has 1 aliphatic heterocycles. The van der Waals surface area contributed by atoms with E-state index >= 15 is 0 Å². The summed E-state index contributed by atoms with van der Waals surface area (Å²) in [7, 11) is 0. The van der Waals surface area contributed by atoms with Gasteiger partial charge in [0.1, 0.15) is 17.4 Å². The van der Waals surface area contributed by atoms with Crippen LogP contribution in [0, 0.1) is 6.92 Å². The van der Waals surface area contributed by atoms with Crippen molar-refractivity contribution in [1.82, 2.24) is 20.5 Å². The molecule has 7 nitrogen and oxygen atoms in total. The number of aromatic nitrogens is 2. The SMILES string of the molecule is Cc1nonc1CC(=O)N1CCNC(=O)C1Cc1ccccc1. The summed E-state index contributed by atoms with van der Waals surface area (Å²) >= 11 is 0. The molecule has 1 fully saturated rings. The molecule has 7 heteroatoms. The van der Waals surface area contributed by atoms with Gasteiger partial charge in [0.05, 0.1) is 6.42 Å². The zero-order chi connectivity index (χ0) is 16.2. The highest BCUT2D eigenvalue weighted by Gasteiger charge is 2.33. The highest BCUT2D eigenvalue weighted by atomic mass is 16.6. The molecule has 1 unspecified atom stereocenters. The second kappa shape index (κ2) is 6.60. The van der Waals surface area contributed by atoms with Crippen LogP contribution in [0.2, 0.25) is 0 Å². The van der Waals surface area contributed by atoms with Gasteiger partial charge in [0.15, 0.2) is 0 Å². The first kappa shape index (κ1) is 15.2. The Balaban J connectivity index is 1.76. The summed E-state index contributed by atoms with van der Waals surface area (Å²) in [4.78, 5) is 26.5. The Kier molecular flexibility index (Phi) is 4.36. The predicted molar refractivity (Wildman–Crippen MR) is 81.4 cm³/mol. The van der Waals surface area contributed by atoms with Crippen LogP contribution in [0.4, 0.5) is 0 Å². The van der Waals surface area contributed by atoms with E-state index in [0.717, 1.165) is 5.56 Å². The van der Waals surface area contributed by atoms with E-state index in [-0.39, 0.29) is 18.2 Å². The zero-order valence-corrected chi connectivity index (χ0v) is 12.9. The van der Waals surface area contributed by atoms with E-state index in [1.165, 1.54) is 0 Å². The number of carbonyl (C=O) groups excluding carboxylic acids is 2. The minimum absolute atomic E-state index is 0.0912. The van der Waals surface area contributed by atoms with Crippen LogP contribution < -0.4 is 5.32 Å². The largest absolute Gasteiger partial charge is 0.353 e. The lowest BCUT2D eigenvalue weighted by atomic mass is 10.0. The van der Waals surface area contributed by atoms with Crippen molar-refractivity contribution in [3.05, 3.63) is 47.3 Å². The number of piperazine rings is 1. The molecule has 0 spiro atoms. The zero-order valence-electron chi connectivity index (χ0n) is 12.9. The Morgan fingerprint density at radius 3 is 2.83 bits per heavy atom. The molecular weight excluding hydrogens is 296 g/mol. The minimum Gasteiger partial charge on any atom is -0.353 e. The smallest absolute Gasteiger partial charge is 0.243 e. The topological polar surface area (TPSA) is 88.3 Å². The Labute approximate surface area is 133 Å². The number of amides is 2. The van der Waals surface area contributed by atoms with Crippen LogP contribution >= 0.6 is 0 Å². The molecular formula is C16H18N4O3. The molecule has 0 radical (unpaired) electrons. The fourth-order valence-corrected chi connectivity index (χ4v) is 2.71. The quantitative estimate of drug-likeness (QED) is 0.887. The van der Waals surface area contributed by atoms with Gasteiger partial charge in [-0.05, 0) is 12.5 Å². The van der Waals surface area contributed by atoms with Gasteiger partial charge in [0.25, 0.3) is 0 Å². The Morgan fingerprint density at radius 2 is 2.13 bits per heavy atom. The fourth-order valence-electron chi connectivity index (χ4n) is 2.71. The third-order valence-corrected chi connectivity index (χ3v) is 3.99. The van der Waals surface area contributed by atoms with Crippen LogP contribution in [0.1, 0.15) is 17.0 Å². The second-order valence-corrected chi connectivity index (χ2v) is 5.56. The molecule has 0 bridgehead atoms. The molecule has 0 aliphatic carbocycles. The summed E-state index contributed by atoms with van der Waals surface area (Å²) in [6.45, 7) is 2.70. The van der Waals surface area contributed by atoms with Crippen LogP contribution in [0.5, 0.6) is 0 Å². The standard InChI is InChI=1S/C16H18N4O3/c1-11-13(19-23-18-11)10-15(21)20-8-7-17-16(22)14(20)9-12-5-3-2-4-6-12/h2-6,14H,7-10H2,1H3,(H,17,22). The Morgan fingerprint density at radius 1 is 1.35 bits per heavy atom. The van der Waals surface area contributed by atoms with Gasteiger partial charge in [-0.1, -0.05) is 40.6 Å². The third kappa shape index (κ3) is 3.39. The minimum atomic E-state index is -0.501. The van der Waals surface area contributed by atoms with Gasteiger partial charge >= 0.3 is 0 Å². The number of nitrogens with zero attached hydrogens (tertiary/aromatic N) is 3. The van der Waals surface area contributed by atoms with Gasteiger partial charge in [-0.25, -0.2) is 4.63 Å². The molecule has 1 aromatic carbocycles. The lowest BCUT2D eigenvalue weighted by Gasteiger charge is -2.35. The lowest BCUT2D eigenvalue weighted by molar-refractivity contribution is -0.142. The van der Waals surface area contributed by atoms with E-state index < -0.39 is 6.04 Å². The van der Waals surface area contributed by atoms with Crippen molar-refractivity contribution in [2.24, 2.45) is 0 Å². The van der Waals surface area contributed by atoms with E-state index in [9.17, 15) is 9.59 Å². The number of hydrogen-bond donors (Lipinski definition) is 1. The third-order valence-electron chi connectivity index (χ3n) is 3.99. The molecule has 3 rings (SSSR count). The summed E-state index contributed by atoms with van der Waals surface area (Å²) in [5.74, 6) is -0.261. The molecule has 1 N–H and O–H groups in total. The first-order valence-electron chi connectivity index (χ1n) is 7.54. The summed E-state index contributed by atoms with van der Waals surface area (Å²) in [6, 6.07) is 9.18. The lowest BCUT2D eigenvalue weighted by Crippen LogP contribution is -2.58. The number of hydrogen-bond acceptors (Lipinski definition) is 5. The van der Waals surface area contributed by atoms with Gasteiger partial charge in [0, 0.05) is 19.5 Å². The normalized spacial score (nSPS) is 17.9. The summed E-state index contributed by atoms with van der Waals surface area (Å²) in [5.41, 5.74) is 2.13. The molecule has 1 atom stereocenters. The number of benzene rings is 1. The highest BCUT2D eigenvalue weighted by Crippen LogP contribution is 2.14. The average molecular weight is 314 g/mol. The Hall–Kier alpha value is -2.70. The predicted octanol–water partition coefficient (Wildman–Crippen LogP) is 0.490. The van der Waals surface area contributed by atoms with Gasteiger partial charge in [-0.15, -0.1) is 0 Å². The number of carbonyl (C=O) groups is 2. The maximum atomic E-state index is 12.6. The van der Waals surface area contributed by atoms with Crippen molar-refractivity contribution in [2.75, 3.05) is 13.1 Å². The van der Waals surface area contributed by atoms with Gasteiger partial charge < -0.3 is 10.2 Å². The average Bonchev–Trinajstić information content (AvgIpc) is 2.95. The van der Waals surface area contributed by atoms with Crippen molar-refractivity contribution in [3.8, 4) is 0 Å². The summed E-state index contributed by atoms with van der Waals surface area (Å²) < 4.78 is 4.63. The van der Waals surface area contributed by atoms with Crippen LogP contribution in [0.15, 0.2) is 35.0 Å². The number of aryl methyl sites for hydroxylation is 1. The van der Waals surface area contributed by atoms with Crippen LogP contribution in [0.3, 0.4) is 0 Å². The van der Waals surface area contributed by atoms with E-state index in [0.29, 0.717) is 30.9 Å². The Bertz CT molecular complexity index is 698. The van der Waals surface area contributed by atoms with Gasteiger partial charge in [0.2, 0.25) is 11.8 Å². The fraction of sp³-hybridized carbons (Fsp3) is 0.375. The van der Waals surface area contributed by atoms with Crippen molar-refractivity contribution in [1.29, 1.82) is 0 Å². The number of rotatable bonds is 4. The molecule has 2 heterocycles. The molecule has 2 aromatic rings. The molecule has 1 aliphatic rings. The van der Waals surface area contributed by atoms with Crippen molar-refractivity contribution >= 4 is 11.8 Å². The monoisotopic (exact) mass is 314 g/mol. The molecule has 120 valence electrons. The first-order valence-corrected chi connectivity index (χ1v) is 7.54. The van der Waals surface area contributed by atoms with Gasteiger partial charge in [-0.3, -0.25) is 9.59 Å². The molecule has 23 heavy (non-hydrogen) atoms. The number of nitrogens with one attached hydrogen (secondary N) is 1. The van der Waals surface area contributed by atoms with Gasteiger partial charge in [-0.2, -0.15) is 0 Å². The van der Waals surface area contributed by atoms with Crippen LogP contribution in [-0.4, -0.2) is 46.2 Å². The summed E-state index contributed by atoms with van der Waals surface area (Å²) in [6.07, 6.45) is 0.586. The molecule has 2 amide bonds. The van der Waals surface area contributed by atoms with E-state index in [1.54, 1.807) is 11.8 Å². The molecule has 1 saturated heterocycles. The van der Waals surface area contributed by atoms with E-state index in [1.807, 2.05) is 30.3 Å². The van der Waals surface area contributed by atoms with Crippen molar-refractivity contribution in [3.63, 3.8) is 0 Å². The van der Waals surface area contributed by atoms with Crippen molar-refractivity contribution < 1.29 is 14.2 Å². The van der Waals surface area contributed by atoms with Crippen LogP contribution in [0.25, 0.3) is 0 Å². The maximum Gasteiger partial charge on any atom is 0.243 e. The second-order valence-electron chi connectivity index (χ2n) is 5.56. The maximum absolute atomic E-state index is 12.6. The van der Waals surface area contributed by atoms with Crippen LogP contribution in [-0.2, 0) is 22.4 Å². The first-order chi connectivity index (χ1) is 11.1. The van der Waals surface area contributed by atoms with E-state index in [2.05, 4.69) is 20.3 Å². The van der Waals surface area contributed by atoms with E-state index in [4.69, 9.17) is 0 Å². The highest BCUT2D eigenvalue weighted by molar-refractivity contribution is 5.89.